The first-order chi connectivity index (χ1) is 12.8. The van der Waals surface area contributed by atoms with Crippen LogP contribution in [0.4, 0.5) is 0 Å². The van der Waals surface area contributed by atoms with Gasteiger partial charge in [0, 0.05) is 17.8 Å². The van der Waals surface area contributed by atoms with E-state index in [9.17, 15) is 14.4 Å². The molecular weight excluding hydrogens is 364 g/mol. The number of hydrogen-bond acceptors (Lipinski definition) is 5. The van der Waals surface area contributed by atoms with Crippen LogP contribution in [0.3, 0.4) is 0 Å². The molecule has 7 heteroatoms. The summed E-state index contributed by atoms with van der Waals surface area (Å²) in [7, 11) is 1.30. The molecule has 0 bridgehead atoms. The predicted molar refractivity (Wildman–Crippen MR) is 103 cm³/mol. The fraction of sp³-hybridized carbons (Fsp3) is 0.450. The van der Waals surface area contributed by atoms with Gasteiger partial charge < -0.3 is 14.6 Å². The van der Waals surface area contributed by atoms with Gasteiger partial charge in [0.2, 0.25) is 0 Å². The lowest BCUT2D eigenvalue weighted by Gasteiger charge is -2.28. The van der Waals surface area contributed by atoms with Gasteiger partial charge in [0.1, 0.15) is 5.69 Å². The van der Waals surface area contributed by atoms with E-state index >= 15 is 0 Å². The van der Waals surface area contributed by atoms with Crippen molar-refractivity contribution in [3.63, 3.8) is 0 Å². The molecule has 2 heterocycles. The topological polar surface area (TPSA) is 79.5 Å². The van der Waals surface area contributed by atoms with Crippen molar-refractivity contribution in [1.82, 2.24) is 9.88 Å². The molecule has 0 aromatic carbocycles. The maximum Gasteiger partial charge on any atom is 0.354 e. The average Bonchev–Trinajstić information content (AvgIpc) is 3.20. The van der Waals surface area contributed by atoms with Gasteiger partial charge in [-0.25, -0.2) is 4.79 Å². The monoisotopic (exact) mass is 388 g/mol. The summed E-state index contributed by atoms with van der Waals surface area (Å²) in [6.45, 7) is 5.82. The Labute approximate surface area is 162 Å². The lowest BCUT2D eigenvalue weighted by atomic mass is 9.99. The number of esters is 1. The zero-order valence-electron chi connectivity index (χ0n) is 16.0. The normalized spacial score (nSPS) is 14.7. The van der Waals surface area contributed by atoms with Crippen molar-refractivity contribution in [1.29, 1.82) is 0 Å². The number of Topliss-reactive ketones (excluding diaryl/α,β-unsaturated/α-hetero) is 1. The molecule has 1 N–H and O–H groups in total. The van der Waals surface area contributed by atoms with E-state index in [1.165, 1.54) is 18.4 Å². The molecule has 3 rings (SSSR count). The Morgan fingerprint density at radius 2 is 2.04 bits per heavy atom. The van der Waals surface area contributed by atoms with Crippen LogP contribution in [0, 0.1) is 19.8 Å². The molecule has 0 aliphatic heterocycles. The number of amides is 1. The number of methoxy groups -OCH3 is 1. The SMILES string of the molecule is COC(=O)c1[nH]c(C)c(C(=O)[C@H](C)N(CC2CC2)C(=O)c2cccs2)c1C. The highest BCUT2D eigenvalue weighted by Gasteiger charge is 2.35. The summed E-state index contributed by atoms with van der Waals surface area (Å²) in [5.41, 5.74) is 1.91. The van der Waals surface area contributed by atoms with Gasteiger partial charge >= 0.3 is 5.97 Å². The number of nitrogens with zero attached hydrogens (tertiary/aromatic N) is 1. The molecule has 0 radical (unpaired) electrons. The summed E-state index contributed by atoms with van der Waals surface area (Å²) in [5, 5.41) is 1.86. The Bertz CT molecular complexity index is 865. The van der Waals surface area contributed by atoms with Crippen LogP contribution in [0.2, 0.25) is 0 Å². The van der Waals surface area contributed by atoms with Crippen LogP contribution < -0.4 is 0 Å². The first-order valence-electron chi connectivity index (χ1n) is 9.01. The standard InChI is InChI=1S/C20H24N2O4S/c1-11-16(12(2)21-17(11)20(25)26-4)18(23)13(3)22(10-14-7-8-14)19(24)15-6-5-9-27-15/h5-6,9,13-14,21H,7-8,10H2,1-4H3/t13-/m0/s1. The van der Waals surface area contributed by atoms with E-state index in [-0.39, 0.29) is 17.4 Å². The first-order valence-corrected chi connectivity index (χ1v) is 9.89. The van der Waals surface area contributed by atoms with Gasteiger partial charge in [-0.3, -0.25) is 9.59 Å². The second kappa shape index (κ2) is 7.68. The first kappa shape index (κ1) is 19.4. The molecule has 27 heavy (non-hydrogen) atoms. The number of ether oxygens (including phenoxy) is 1. The number of carbonyl (C=O) groups is 3. The Morgan fingerprint density at radius 1 is 1.33 bits per heavy atom. The molecule has 2 aromatic rings. The molecule has 1 aliphatic carbocycles. The largest absolute Gasteiger partial charge is 0.464 e. The van der Waals surface area contributed by atoms with Crippen molar-refractivity contribution in [3.05, 3.63) is 44.9 Å². The minimum absolute atomic E-state index is 0.114. The summed E-state index contributed by atoms with van der Waals surface area (Å²) < 4.78 is 4.78. The van der Waals surface area contributed by atoms with Gasteiger partial charge in [-0.2, -0.15) is 0 Å². The third-order valence-corrected chi connectivity index (χ3v) is 5.92. The van der Waals surface area contributed by atoms with E-state index in [4.69, 9.17) is 4.74 Å². The third kappa shape index (κ3) is 3.83. The lowest BCUT2D eigenvalue weighted by molar-refractivity contribution is 0.0592. The average molecular weight is 388 g/mol. The number of carbonyl (C=O) groups excluding carboxylic acids is 3. The van der Waals surface area contributed by atoms with E-state index < -0.39 is 12.0 Å². The Kier molecular flexibility index (Phi) is 5.51. The van der Waals surface area contributed by atoms with Crippen LogP contribution in [-0.4, -0.2) is 47.2 Å². The molecule has 1 fully saturated rings. The molecule has 0 spiro atoms. The molecule has 0 unspecified atom stereocenters. The summed E-state index contributed by atoms with van der Waals surface area (Å²) in [5.74, 6) is -0.325. The smallest absolute Gasteiger partial charge is 0.354 e. The number of aryl methyl sites for hydroxylation is 1. The molecular formula is C20H24N2O4S. The molecule has 1 saturated carbocycles. The molecule has 6 nitrogen and oxygen atoms in total. The summed E-state index contributed by atoms with van der Waals surface area (Å²) in [4.78, 5) is 43.4. The number of aromatic nitrogens is 1. The van der Waals surface area contributed by atoms with E-state index in [2.05, 4.69) is 4.98 Å². The van der Waals surface area contributed by atoms with E-state index in [1.54, 1.807) is 31.7 Å². The highest BCUT2D eigenvalue weighted by atomic mass is 32.1. The van der Waals surface area contributed by atoms with E-state index in [1.807, 2.05) is 11.4 Å². The predicted octanol–water partition coefficient (Wildman–Crippen LogP) is 3.60. The number of rotatable bonds is 7. The van der Waals surface area contributed by atoms with Crippen molar-refractivity contribution < 1.29 is 19.1 Å². The van der Waals surface area contributed by atoms with Crippen molar-refractivity contribution in [3.8, 4) is 0 Å². The van der Waals surface area contributed by atoms with Gasteiger partial charge in [-0.05, 0) is 56.5 Å². The lowest BCUT2D eigenvalue weighted by Crippen LogP contribution is -2.44. The molecule has 1 atom stereocenters. The second-order valence-electron chi connectivity index (χ2n) is 7.03. The summed E-state index contributed by atoms with van der Waals surface area (Å²) >= 11 is 1.38. The van der Waals surface area contributed by atoms with Gasteiger partial charge in [-0.1, -0.05) is 6.07 Å². The van der Waals surface area contributed by atoms with Crippen molar-refractivity contribution in [2.75, 3.05) is 13.7 Å². The van der Waals surface area contributed by atoms with Crippen molar-refractivity contribution in [2.45, 2.75) is 39.7 Å². The second-order valence-corrected chi connectivity index (χ2v) is 7.98. The third-order valence-electron chi connectivity index (χ3n) is 5.07. The number of H-pyrrole nitrogens is 1. The number of ketones is 1. The number of nitrogens with one attached hydrogen (secondary N) is 1. The fourth-order valence-electron chi connectivity index (χ4n) is 3.31. The number of aromatic amines is 1. The number of thiophene rings is 1. The van der Waals surface area contributed by atoms with Crippen LogP contribution in [0.5, 0.6) is 0 Å². The van der Waals surface area contributed by atoms with Crippen LogP contribution >= 0.6 is 11.3 Å². The van der Waals surface area contributed by atoms with Crippen LogP contribution in [0.15, 0.2) is 17.5 Å². The minimum atomic E-state index is -0.612. The van der Waals surface area contributed by atoms with E-state index in [0.717, 1.165) is 12.8 Å². The quantitative estimate of drug-likeness (QED) is 0.580. The fourth-order valence-corrected chi connectivity index (χ4v) is 3.99. The molecule has 0 saturated heterocycles. The van der Waals surface area contributed by atoms with Crippen LogP contribution in [0.1, 0.15) is 61.5 Å². The highest BCUT2D eigenvalue weighted by Crippen LogP contribution is 2.32. The molecule has 1 amide bonds. The minimum Gasteiger partial charge on any atom is -0.464 e. The maximum absolute atomic E-state index is 13.3. The van der Waals surface area contributed by atoms with Gasteiger partial charge in [-0.15, -0.1) is 11.3 Å². The zero-order chi connectivity index (χ0) is 19.7. The number of hydrogen-bond donors (Lipinski definition) is 1. The Hall–Kier alpha value is -2.41. The van der Waals surface area contributed by atoms with E-state index in [0.29, 0.717) is 34.2 Å². The van der Waals surface area contributed by atoms with Crippen LogP contribution in [0.25, 0.3) is 0 Å². The van der Waals surface area contributed by atoms with Gasteiger partial charge in [0.05, 0.1) is 18.0 Å². The van der Waals surface area contributed by atoms with Crippen LogP contribution in [-0.2, 0) is 4.74 Å². The Morgan fingerprint density at radius 3 is 2.59 bits per heavy atom. The summed E-state index contributed by atoms with van der Waals surface area (Å²) in [6, 6.07) is 3.01. The van der Waals surface area contributed by atoms with Crippen molar-refractivity contribution in [2.24, 2.45) is 5.92 Å². The highest BCUT2D eigenvalue weighted by molar-refractivity contribution is 7.12. The molecule has 2 aromatic heterocycles. The summed E-state index contributed by atoms with van der Waals surface area (Å²) in [6.07, 6.45) is 2.17. The maximum atomic E-state index is 13.3. The van der Waals surface area contributed by atoms with Gasteiger partial charge in [0.15, 0.2) is 5.78 Å². The van der Waals surface area contributed by atoms with Crippen molar-refractivity contribution >= 4 is 29.0 Å². The molecule has 1 aliphatic rings. The van der Waals surface area contributed by atoms with Gasteiger partial charge in [0.25, 0.3) is 5.91 Å². The molecule has 144 valence electrons. The zero-order valence-corrected chi connectivity index (χ0v) is 16.8. The Balaban J connectivity index is 1.91.